The molecule has 4 rings (SSSR count). The van der Waals surface area contributed by atoms with Crippen LogP contribution in [0.25, 0.3) is 5.65 Å². The van der Waals surface area contributed by atoms with Gasteiger partial charge < -0.3 is 5.11 Å². The summed E-state index contributed by atoms with van der Waals surface area (Å²) in [5, 5.41) is 17.4. The molecule has 4 aromatic rings. The second kappa shape index (κ2) is 6.33. The predicted octanol–water partition coefficient (Wildman–Crippen LogP) is 1.53. The van der Waals surface area contributed by atoms with Gasteiger partial charge in [-0.05, 0) is 18.2 Å². The highest BCUT2D eigenvalue weighted by molar-refractivity contribution is 6.14. The van der Waals surface area contributed by atoms with Gasteiger partial charge >= 0.3 is 5.97 Å². The van der Waals surface area contributed by atoms with Gasteiger partial charge in [-0.1, -0.05) is 0 Å². The molecule has 0 atom stereocenters. The Bertz CT molecular complexity index is 1150. The van der Waals surface area contributed by atoms with E-state index in [1.807, 2.05) is 0 Å². The van der Waals surface area contributed by atoms with Gasteiger partial charge in [-0.25, -0.2) is 14.3 Å². The molecule has 1 amide bonds. The number of aromatic nitrogens is 6. The molecule has 0 bridgehead atoms. The summed E-state index contributed by atoms with van der Waals surface area (Å²) < 4.78 is 2.80. The lowest BCUT2D eigenvalue weighted by atomic mass is 10.2. The number of hydrogen-bond donors (Lipinski definition) is 1. The van der Waals surface area contributed by atoms with Crippen LogP contribution >= 0.6 is 0 Å². The number of aryl methyl sites for hydroxylation is 1. The van der Waals surface area contributed by atoms with Crippen molar-refractivity contribution in [1.29, 1.82) is 0 Å². The number of carboxylic acid groups (broad SMARTS) is 1. The zero-order valence-electron chi connectivity index (χ0n) is 14.1. The third-order valence-corrected chi connectivity index (χ3v) is 4.00. The molecule has 0 aliphatic carbocycles. The molecular weight excluding hydrogens is 350 g/mol. The highest BCUT2D eigenvalue weighted by Gasteiger charge is 2.28. The lowest BCUT2D eigenvalue weighted by Gasteiger charge is -2.23. The van der Waals surface area contributed by atoms with Gasteiger partial charge in [-0.2, -0.15) is 10.2 Å². The summed E-state index contributed by atoms with van der Waals surface area (Å²) >= 11 is 0. The van der Waals surface area contributed by atoms with Gasteiger partial charge in [-0.3, -0.25) is 19.4 Å². The summed E-state index contributed by atoms with van der Waals surface area (Å²) in [5.74, 6) is -1.78. The van der Waals surface area contributed by atoms with E-state index < -0.39 is 11.9 Å². The molecule has 0 spiro atoms. The standard InChI is InChI=1S/C17H13N7O3/c1-22-15(13(9-20-22)17(26)27)16(25)24(12-3-2-5-18-8-12)11-4-6-23-14(7-11)19-10-21-23/h2-10H,1H3,(H,26,27). The second-order valence-corrected chi connectivity index (χ2v) is 5.64. The van der Waals surface area contributed by atoms with E-state index in [0.29, 0.717) is 17.0 Å². The van der Waals surface area contributed by atoms with Crippen molar-refractivity contribution in [2.45, 2.75) is 0 Å². The fourth-order valence-electron chi connectivity index (χ4n) is 2.77. The predicted molar refractivity (Wildman–Crippen MR) is 93.9 cm³/mol. The van der Waals surface area contributed by atoms with Gasteiger partial charge in [0.15, 0.2) is 5.65 Å². The maximum Gasteiger partial charge on any atom is 0.339 e. The Labute approximate surface area is 152 Å². The highest BCUT2D eigenvalue weighted by Crippen LogP contribution is 2.28. The normalized spacial score (nSPS) is 10.9. The van der Waals surface area contributed by atoms with Crippen LogP contribution in [-0.4, -0.2) is 46.3 Å². The number of anilines is 2. The molecule has 0 unspecified atom stereocenters. The van der Waals surface area contributed by atoms with Gasteiger partial charge in [0.25, 0.3) is 5.91 Å². The van der Waals surface area contributed by atoms with Crippen LogP contribution in [-0.2, 0) is 7.05 Å². The highest BCUT2D eigenvalue weighted by atomic mass is 16.4. The van der Waals surface area contributed by atoms with Crippen molar-refractivity contribution < 1.29 is 14.7 Å². The lowest BCUT2D eigenvalue weighted by molar-refractivity contribution is 0.0691. The SMILES string of the molecule is Cn1ncc(C(=O)O)c1C(=O)N(c1cccnc1)c1ccn2ncnc2c1. The molecule has 1 N–H and O–H groups in total. The monoisotopic (exact) mass is 363 g/mol. The van der Waals surface area contributed by atoms with Crippen molar-refractivity contribution in [2.24, 2.45) is 7.05 Å². The smallest absolute Gasteiger partial charge is 0.339 e. The summed E-state index contributed by atoms with van der Waals surface area (Å²) in [6.45, 7) is 0. The minimum absolute atomic E-state index is 0.0484. The van der Waals surface area contributed by atoms with E-state index in [9.17, 15) is 14.7 Å². The first-order valence-electron chi connectivity index (χ1n) is 7.85. The summed E-state index contributed by atoms with van der Waals surface area (Å²) in [4.78, 5) is 34.4. The van der Waals surface area contributed by atoms with Crippen LogP contribution in [0, 0.1) is 0 Å². The Morgan fingerprint density at radius 3 is 2.74 bits per heavy atom. The molecule has 134 valence electrons. The largest absolute Gasteiger partial charge is 0.478 e. The van der Waals surface area contributed by atoms with Crippen LogP contribution in [0.5, 0.6) is 0 Å². The lowest BCUT2D eigenvalue weighted by Crippen LogP contribution is -2.29. The maximum absolute atomic E-state index is 13.4. The van der Waals surface area contributed by atoms with Crippen LogP contribution in [0.2, 0.25) is 0 Å². The van der Waals surface area contributed by atoms with Gasteiger partial charge in [0.1, 0.15) is 17.6 Å². The second-order valence-electron chi connectivity index (χ2n) is 5.64. The van der Waals surface area contributed by atoms with Crippen molar-refractivity contribution >= 4 is 28.9 Å². The number of aromatic carboxylic acids is 1. The number of nitrogens with zero attached hydrogens (tertiary/aromatic N) is 7. The molecule has 0 saturated carbocycles. The average Bonchev–Trinajstić information content (AvgIpc) is 3.28. The van der Waals surface area contributed by atoms with Gasteiger partial charge in [-0.15, -0.1) is 0 Å². The molecule has 4 aromatic heterocycles. The van der Waals surface area contributed by atoms with Crippen LogP contribution in [0.1, 0.15) is 20.8 Å². The zero-order valence-corrected chi connectivity index (χ0v) is 14.1. The molecule has 4 heterocycles. The third-order valence-electron chi connectivity index (χ3n) is 4.00. The first-order chi connectivity index (χ1) is 13.1. The number of rotatable bonds is 4. The van der Waals surface area contributed by atoms with E-state index in [2.05, 4.69) is 20.2 Å². The average molecular weight is 363 g/mol. The Balaban J connectivity index is 1.90. The number of fused-ring (bicyclic) bond motifs is 1. The Hall–Kier alpha value is -4.08. The van der Waals surface area contributed by atoms with E-state index in [4.69, 9.17) is 0 Å². The number of carbonyl (C=O) groups is 2. The van der Waals surface area contributed by atoms with E-state index in [1.165, 1.54) is 29.2 Å². The third kappa shape index (κ3) is 2.78. The molecule has 0 aliphatic rings. The minimum atomic E-state index is -1.23. The van der Waals surface area contributed by atoms with Crippen LogP contribution in [0.4, 0.5) is 11.4 Å². The molecule has 0 saturated heterocycles. The van der Waals surface area contributed by atoms with E-state index in [-0.39, 0.29) is 11.3 Å². The number of hydrogen-bond acceptors (Lipinski definition) is 6. The number of amides is 1. The van der Waals surface area contributed by atoms with E-state index >= 15 is 0 Å². The summed E-state index contributed by atoms with van der Waals surface area (Å²) in [6.07, 6.45) is 7.32. The molecule has 10 nitrogen and oxygen atoms in total. The maximum atomic E-state index is 13.4. The quantitative estimate of drug-likeness (QED) is 0.584. The number of carboxylic acids is 1. The topological polar surface area (TPSA) is 119 Å². The number of pyridine rings is 2. The molecule has 27 heavy (non-hydrogen) atoms. The molecule has 10 heteroatoms. The Morgan fingerprint density at radius 2 is 2.00 bits per heavy atom. The first-order valence-corrected chi connectivity index (χ1v) is 7.85. The van der Waals surface area contributed by atoms with Crippen LogP contribution < -0.4 is 4.90 Å². The summed E-state index contributed by atoms with van der Waals surface area (Å²) in [6, 6.07) is 6.75. The minimum Gasteiger partial charge on any atom is -0.478 e. The molecule has 0 aromatic carbocycles. The first kappa shape index (κ1) is 16.4. The van der Waals surface area contributed by atoms with Crippen LogP contribution in [0.3, 0.4) is 0 Å². The van der Waals surface area contributed by atoms with Crippen molar-refractivity contribution in [1.82, 2.24) is 29.4 Å². The number of carbonyl (C=O) groups excluding carboxylic acids is 1. The molecule has 0 aliphatic heterocycles. The van der Waals surface area contributed by atoms with Crippen molar-refractivity contribution in [2.75, 3.05) is 4.90 Å². The van der Waals surface area contributed by atoms with Crippen molar-refractivity contribution in [3.8, 4) is 0 Å². The summed E-state index contributed by atoms with van der Waals surface area (Å²) in [7, 11) is 1.52. The fraction of sp³-hybridized carbons (Fsp3) is 0.0588. The molecule has 0 fully saturated rings. The fourth-order valence-corrected chi connectivity index (χ4v) is 2.77. The molecule has 0 radical (unpaired) electrons. The zero-order chi connectivity index (χ0) is 19.0. The summed E-state index contributed by atoms with van der Waals surface area (Å²) in [5.41, 5.74) is 1.28. The Kier molecular flexibility index (Phi) is 3.84. The van der Waals surface area contributed by atoms with Gasteiger partial charge in [0.05, 0.1) is 23.8 Å². The molecular formula is C17H13N7O3. The van der Waals surface area contributed by atoms with E-state index in [0.717, 1.165) is 6.20 Å². The van der Waals surface area contributed by atoms with E-state index in [1.54, 1.807) is 41.2 Å². The van der Waals surface area contributed by atoms with Crippen LogP contribution in [0.15, 0.2) is 55.4 Å². The van der Waals surface area contributed by atoms with Crippen molar-refractivity contribution in [3.05, 3.63) is 66.6 Å². The Morgan fingerprint density at radius 1 is 1.15 bits per heavy atom. The van der Waals surface area contributed by atoms with Crippen molar-refractivity contribution in [3.63, 3.8) is 0 Å². The van der Waals surface area contributed by atoms with Gasteiger partial charge in [0, 0.05) is 25.5 Å². The van der Waals surface area contributed by atoms with Gasteiger partial charge in [0.2, 0.25) is 0 Å².